The predicted octanol–water partition coefficient (Wildman–Crippen LogP) is 2.84. The SMILES string of the molecule is CCCCCOc1c(OC)cc(-c2nccn2S(C)(=O)=O)cc1[N+](=O)[O-]. The Morgan fingerprint density at radius 2 is 2.04 bits per heavy atom. The van der Waals surface area contributed by atoms with Crippen molar-refractivity contribution in [3.8, 4) is 22.9 Å². The molecule has 0 saturated carbocycles. The van der Waals surface area contributed by atoms with E-state index in [0.29, 0.717) is 6.61 Å². The van der Waals surface area contributed by atoms with Crippen molar-refractivity contribution < 1.29 is 22.8 Å². The summed E-state index contributed by atoms with van der Waals surface area (Å²) in [7, 11) is -2.24. The van der Waals surface area contributed by atoms with Crippen LogP contribution in [0.5, 0.6) is 11.5 Å². The first-order valence-corrected chi connectivity index (χ1v) is 9.88. The predicted molar refractivity (Wildman–Crippen MR) is 96.1 cm³/mol. The van der Waals surface area contributed by atoms with Crippen LogP contribution < -0.4 is 9.47 Å². The number of ether oxygens (including phenoxy) is 2. The lowest BCUT2D eigenvalue weighted by Gasteiger charge is -2.13. The molecule has 0 aliphatic heterocycles. The third kappa shape index (κ3) is 4.31. The molecule has 0 aliphatic rings. The van der Waals surface area contributed by atoms with E-state index in [1.165, 1.54) is 31.6 Å². The topological polar surface area (TPSA) is 114 Å². The highest BCUT2D eigenvalue weighted by Gasteiger charge is 2.25. The molecule has 0 spiro atoms. The molecule has 1 heterocycles. The summed E-state index contributed by atoms with van der Waals surface area (Å²) in [6.07, 6.45) is 6.31. The number of nitro benzene ring substituents is 1. The van der Waals surface area contributed by atoms with Crippen molar-refractivity contribution >= 4 is 15.7 Å². The molecule has 142 valence electrons. The van der Waals surface area contributed by atoms with E-state index in [-0.39, 0.29) is 28.6 Å². The van der Waals surface area contributed by atoms with Gasteiger partial charge in [-0.2, -0.15) is 0 Å². The zero-order valence-electron chi connectivity index (χ0n) is 14.8. The number of nitro groups is 1. The van der Waals surface area contributed by atoms with E-state index in [2.05, 4.69) is 4.98 Å². The van der Waals surface area contributed by atoms with Gasteiger partial charge in [-0.1, -0.05) is 19.8 Å². The summed E-state index contributed by atoms with van der Waals surface area (Å²) in [6.45, 7) is 2.37. The molecule has 1 aromatic carbocycles. The Morgan fingerprint density at radius 3 is 2.62 bits per heavy atom. The minimum Gasteiger partial charge on any atom is -0.493 e. The van der Waals surface area contributed by atoms with Crippen molar-refractivity contribution in [1.82, 2.24) is 8.96 Å². The van der Waals surface area contributed by atoms with Crippen LogP contribution >= 0.6 is 0 Å². The van der Waals surface area contributed by atoms with Crippen molar-refractivity contribution in [3.05, 3.63) is 34.6 Å². The molecule has 10 heteroatoms. The van der Waals surface area contributed by atoms with Crippen LogP contribution in [-0.2, 0) is 10.0 Å². The lowest BCUT2D eigenvalue weighted by Crippen LogP contribution is -2.11. The van der Waals surface area contributed by atoms with Crippen LogP contribution in [-0.4, -0.2) is 42.3 Å². The highest BCUT2D eigenvalue weighted by Crippen LogP contribution is 2.41. The Hall–Kier alpha value is -2.62. The molecule has 0 bridgehead atoms. The third-order valence-electron chi connectivity index (χ3n) is 3.67. The summed E-state index contributed by atoms with van der Waals surface area (Å²) in [4.78, 5) is 14.9. The van der Waals surface area contributed by atoms with Gasteiger partial charge in [-0.25, -0.2) is 17.4 Å². The molecule has 0 atom stereocenters. The number of benzene rings is 1. The van der Waals surface area contributed by atoms with Gasteiger partial charge < -0.3 is 9.47 Å². The second-order valence-corrected chi connectivity index (χ2v) is 7.51. The fourth-order valence-electron chi connectivity index (χ4n) is 2.44. The van der Waals surface area contributed by atoms with Gasteiger partial charge in [0, 0.05) is 24.0 Å². The average Bonchev–Trinajstić information content (AvgIpc) is 3.08. The Morgan fingerprint density at radius 1 is 1.31 bits per heavy atom. The highest BCUT2D eigenvalue weighted by molar-refractivity contribution is 7.89. The van der Waals surface area contributed by atoms with Gasteiger partial charge in [-0.3, -0.25) is 10.1 Å². The summed E-state index contributed by atoms with van der Waals surface area (Å²) in [6, 6.07) is 2.72. The van der Waals surface area contributed by atoms with E-state index in [0.717, 1.165) is 29.5 Å². The number of hydrogen-bond acceptors (Lipinski definition) is 7. The number of aromatic nitrogens is 2. The summed E-state index contributed by atoms with van der Waals surface area (Å²) in [5, 5.41) is 11.5. The Bertz CT molecular complexity index is 891. The smallest absolute Gasteiger partial charge is 0.315 e. The van der Waals surface area contributed by atoms with E-state index >= 15 is 0 Å². The van der Waals surface area contributed by atoms with Gasteiger partial charge in [0.2, 0.25) is 15.8 Å². The first-order chi connectivity index (χ1) is 12.3. The molecule has 0 amide bonds. The van der Waals surface area contributed by atoms with Crippen molar-refractivity contribution in [2.45, 2.75) is 26.2 Å². The first-order valence-electron chi connectivity index (χ1n) is 8.03. The lowest BCUT2D eigenvalue weighted by atomic mass is 10.1. The summed E-state index contributed by atoms with van der Waals surface area (Å²) < 4.78 is 35.5. The van der Waals surface area contributed by atoms with Gasteiger partial charge in [0.25, 0.3) is 0 Å². The van der Waals surface area contributed by atoms with Crippen molar-refractivity contribution in [2.24, 2.45) is 0 Å². The van der Waals surface area contributed by atoms with Crippen LogP contribution in [0.3, 0.4) is 0 Å². The number of imidazole rings is 1. The minimum absolute atomic E-state index is 0.0230. The zero-order chi connectivity index (χ0) is 19.3. The molecule has 1 aromatic heterocycles. The molecular weight excluding hydrogens is 362 g/mol. The molecule has 0 N–H and O–H groups in total. The van der Waals surface area contributed by atoms with E-state index in [9.17, 15) is 18.5 Å². The van der Waals surface area contributed by atoms with Gasteiger partial charge in [0.1, 0.15) is 0 Å². The van der Waals surface area contributed by atoms with Crippen LogP contribution in [0.25, 0.3) is 11.4 Å². The normalized spacial score (nSPS) is 11.3. The maximum absolute atomic E-state index is 11.9. The van der Waals surface area contributed by atoms with Crippen molar-refractivity contribution in [3.63, 3.8) is 0 Å². The maximum Gasteiger partial charge on any atom is 0.315 e. The van der Waals surface area contributed by atoms with Crippen LogP contribution in [0.2, 0.25) is 0 Å². The second kappa shape index (κ2) is 8.17. The third-order valence-corrected chi connectivity index (χ3v) is 4.68. The maximum atomic E-state index is 11.9. The van der Waals surface area contributed by atoms with Crippen molar-refractivity contribution in [2.75, 3.05) is 20.0 Å². The van der Waals surface area contributed by atoms with Gasteiger partial charge in [0.15, 0.2) is 11.6 Å². The summed E-state index contributed by atoms with van der Waals surface area (Å²) in [5.74, 6) is 0.231. The molecule has 0 aliphatic carbocycles. The molecule has 0 saturated heterocycles. The molecule has 26 heavy (non-hydrogen) atoms. The molecule has 2 rings (SSSR count). The van der Waals surface area contributed by atoms with Crippen LogP contribution in [0.1, 0.15) is 26.2 Å². The summed E-state index contributed by atoms with van der Waals surface area (Å²) >= 11 is 0. The van der Waals surface area contributed by atoms with E-state index < -0.39 is 14.9 Å². The Kier molecular flexibility index (Phi) is 6.19. The van der Waals surface area contributed by atoms with Gasteiger partial charge in [0.05, 0.1) is 24.9 Å². The Balaban J connectivity index is 2.53. The fourth-order valence-corrected chi connectivity index (χ4v) is 3.18. The second-order valence-electron chi connectivity index (χ2n) is 5.65. The van der Waals surface area contributed by atoms with E-state index in [1.807, 2.05) is 6.92 Å². The largest absolute Gasteiger partial charge is 0.493 e. The monoisotopic (exact) mass is 383 g/mol. The van der Waals surface area contributed by atoms with E-state index in [4.69, 9.17) is 9.47 Å². The Labute approximate surface area is 151 Å². The number of unbranched alkanes of at least 4 members (excludes halogenated alkanes) is 2. The highest BCUT2D eigenvalue weighted by atomic mass is 32.2. The number of rotatable bonds is 9. The minimum atomic E-state index is -3.61. The number of hydrogen-bond donors (Lipinski definition) is 0. The van der Waals surface area contributed by atoms with Gasteiger partial charge in [-0.05, 0) is 12.5 Å². The average molecular weight is 383 g/mol. The number of nitrogens with zero attached hydrogens (tertiary/aromatic N) is 3. The zero-order valence-corrected chi connectivity index (χ0v) is 15.7. The fraction of sp³-hybridized carbons (Fsp3) is 0.438. The van der Waals surface area contributed by atoms with Crippen molar-refractivity contribution in [1.29, 1.82) is 0 Å². The molecule has 9 nitrogen and oxygen atoms in total. The molecule has 0 unspecified atom stereocenters. The quantitative estimate of drug-likeness (QED) is 0.371. The van der Waals surface area contributed by atoms with Gasteiger partial charge >= 0.3 is 5.69 Å². The molecule has 0 fully saturated rings. The molecule has 2 aromatic rings. The van der Waals surface area contributed by atoms with Gasteiger partial charge in [-0.15, -0.1) is 0 Å². The van der Waals surface area contributed by atoms with Crippen LogP contribution in [0.4, 0.5) is 5.69 Å². The van der Waals surface area contributed by atoms with E-state index in [1.54, 1.807) is 0 Å². The van der Waals surface area contributed by atoms with Crippen LogP contribution in [0.15, 0.2) is 24.5 Å². The molecular formula is C16H21N3O6S. The number of methoxy groups -OCH3 is 1. The molecule has 0 radical (unpaired) electrons. The lowest BCUT2D eigenvalue weighted by molar-refractivity contribution is -0.385. The standard InChI is InChI=1S/C16H21N3O6S/c1-4-5-6-9-25-15-13(19(20)21)10-12(11-14(15)24-2)16-17-7-8-18(16)26(3,22)23/h7-8,10-11H,4-6,9H2,1-3H3. The first kappa shape index (κ1) is 19.7. The summed E-state index contributed by atoms with van der Waals surface area (Å²) in [5.41, 5.74) is -0.0659. The van der Waals surface area contributed by atoms with Crippen LogP contribution in [0, 0.1) is 10.1 Å².